The van der Waals surface area contributed by atoms with Gasteiger partial charge in [0.25, 0.3) is 0 Å². The van der Waals surface area contributed by atoms with Crippen molar-refractivity contribution < 1.29 is 4.52 Å². The van der Waals surface area contributed by atoms with Crippen molar-refractivity contribution in [2.24, 2.45) is 0 Å². The van der Waals surface area contributed by atoms with Gasteiger partial charge in [-0.2, -0.15) is 5.01 Å². The Balaban J connectivity index is 2.44. The topological polar surface area (TPSA) is 32.5 Å². The van der Waals surface area contributed by atoms with Gasteiger partial charge in [0.15, 0.2) is 5.76 Å². The average molecular weight is 227 g/mol. The molecule has 0 saturated carbocycles. The Morgan fingerprint density at radius 1 is 1.40 bits per heavy atom. The van der Waals surface area contributed by atoms with Crippen molar-refractivity contribution in [3.05, 3.63) is 23.2 Å². The normalized spacial score (nSPS) is 22.3. The third kappa shape index (κ3) is 1.54. The monoisotopic (exact) mass is 226 g/mol. The molecule has 15 heavy (non-hydrogen) atoms. The Morgan fingerprint density at radius 2 is 2.07 bits per heavy atom. The first-order valence-electron chi connectivity index (χ1n) is 4.72. The molecule has 0 N–H and O–H groups in total. The van der Waals surface area contributed by atoms with Gasteiger partial charge in [-0.05, 0) is 20.8 Å². The highest BCUT2D eigenvalue weighted by Crippen LogP contribution is 2.33. The van der Waals surface area contributed by atoms with Gasteiger partial charge in [-0.1, -0.05) is 16.8 Å². The minimum atomic E-state index is -0.237. The molecule has 2 rings (SSSR count). The maximum absolute atomic E-state index is 6.08. The van der Waals surface area contributed by atoms with Gasteiger partial charge in [0.1, 0.15) is 16.9 Å². The molecule has 1 aliphatic rings. The molecule has 0 amide bonds. The van der Waals surface area contributed by atoms with Crippen molar-refractivity contribution >= 4 is 17.3 Å². The van der Waals surface area contributed by atoms with Crippen LogP contribution in [-0.4, -0.2) is 22.7 Å². The highest BCUT2D eigenvalue weighted by molar-refractivity contribution is 6.21. The lowest BCUT2D eigenvalue weighted by molar-refractivity contribution is 0.355. The van der Waals surface area contributed by atoms with Gasteiger partial charge in [-0.15, -0.1) is 0 Å². The average Bonchev–Trinajstić information content (AvgIpc) is 2.59. The van der Waals surface area contributed by atoms with Crippen LogP contribution in [0.4, 0.5) is 5.69 Å². The molecule has 0 spiro atoms. The predicted octanol–water partition coefficient (Wildman–Crippen LogP) is 2.23. The van der Waals surface area contributed by atoms with E-state index in [-0.39, 0.29) is 5.50 Å². The Kier molecular flexibility index (Phi) is 2.48. The van der Waals surface area contributed by atoms with E-state index < -0.39 is 0 Å². The van der Waals surface area contributed by atoms with Gasteiger partial charge in [0, 0.05) is 18.8 Å². The van der Waals surface area contributed by atoms with Crippen LogP contribution in [0.25, 0.3) is 0 Å². The molecule has 5 heteroatoms. The number of aromatic nitrogens is 1. The van der Waals surface area contributed by atoms with E-state index in [0.717, 1.165) is 22.8 Å². The van der Waals surface area contributed by atoms with Crippen molar-refractivity contribution in [2.75, 3.05) is 12.1 Å². The molecule has 0 aliphatic carbocycles. The number of allylic oxidation sites excluding steroid dienone is 1. The summed E-state index contributed by atoms with van der Waals surface area (Å²) < 4.78 is 5.14. The third-order valence-electron chi connectivity index (χ3n) is 2.50. The maximum Gasteiger partial charge on any atom is 0.159 e. The van der Waals surface area contributed by atoms with Crippen LogP contribution in [-0.2, 0) is 0 Å². The summed E-state index contributed by atoms with van der Waals surface area (Å²) in [7, 11) is 1.91. The van der Waals surface area contributed by atoms with E-state index in [1.165, 1.54) is 0 Å². The Morgan fingerprint density at radius 3 is 2.47 bits per heavy atom. The van der Waals surface area contributed by atoms with E-state index in [9.17, 15) is 0 Å². The van der Waals surface area contributed by atoms with Gasteiger partial charge in [0.05, 0.1) is 0 Å². The van der Waals surface area contributed by atoms with Crippen LogP contribution >= 0.6 is 11.6 Å². The smallest absolute Gasteiger partial charge is 0.159 e. The van der Waals surface area contributed by atoms with E-state index in [1.807, 2.05) is 37.8 Å². The van der Waals surface area contributed by atoms with Crippen LogP contribution in [0.1, 0.15) is 18.4 Å². The summed E-state index contributed by atoms with van der Waals surface area (Å²) >= 11 is 6.08. The van der Waals surface area contributed by atoms with E-state index in [4.69, 9.17) is 16.1 Å². The number of alkyl halides is 1. The Labute approximate surface area is 94.0 Å². The molecule has 1 aromatic rings. The summed E-state index contributed by atoms with van der Waals surface area (Å²) in [6.45, 7) is 5.76. The Bertz CT molecular complexity index is 393. The Hall–Kier alpha value is -1.00. The number of anilines is 1. The number of hydrogen-bond donors (Lipinski definition) is 0. The van der Waals surface area contributed by atoms with Crippen molar-refractivity contribution in [3.8, 4) is 0 Å². The second-order valence-electron chi connectivity index (χ2n) is 3.62. The molecular weight excluding hydrogens is 214 g/mol. The highest BCUT2D eigenvalue weighted by Gasteiger charge is 2.30. The van der Waals surface area contributed by atoms with Crippen molar-refractivity contribution in [1.82, 2.24) is 10.2 Å². The summed E-state index contributed by atoms with van der Waals surface area (Å²) in [4.78, 5) is 0. The number of hydrazine groups is 1. The molecule has 1 unspecified atom stereocenters. The van der Waals surface area contributed by atoms with Crippen LogP contribution in [0, 0.1) is 19.9 Å². The van der Waals surface area contributed by atoms with Gasteiger partial charge in [0.2, 0.25) is 0 Å². The minimum absolute atomic E-state index is 0.237. The molecule has 1 aliphatic heterocycles. The second-order valence-corrected chi connectivity index (χ2v) is 4.04. The largest absolute Gasteiger partial charge is 0.359 e. The molecule has 0 fully saturated rings. The predicted molar refractivity (Wildman–Crippen MR) is 58.3 cm³/mol. The number of likely N-dealkylation sites (N-methyl/N-ethyl adjacent to an activating group) is 1. The molecule has 81 valence electrons. The molecular formula is C10H13ClN3O. The molecule has 0 aromatic carbocycles. The molecule has 2 heterocycles. The van der Waals surface area contributed by atoms with Crippen LogP contribution in [0.15, 0.2) is 10.2 Å². The molecule has 1 aromatic heterocycles. The SMILES string of the molecule is CC1=[C]C(Cl)N(C)N1c1c(C)noc1C. The fourth-order valence-electron chi connectivity index (χ4n) is 1.77. The fraction of sp³-hybridized carbons (Fsp3) is 0.500. The quantitative estimate of drug-likeness (QED) is 0.543. The molecule has 1 radical (unpaired) electrons. The summed E-state index contributed by atoms with van der Waals surface area (Å²) in [5.74, 6) is 0.784. The molecule has 1 atom stereocenters. The zero-order valence-electron chi connectivity index (χ0n) is 9.21. The van der Waals surface area contributed by atoms with Crippen molar-refractivity contribution in [3.63, 3.8) is 0 Å². The lowest BCUT2D eigenvalue weighted by atomic mass is 10.3. The second kappa shape index (κ2) is 3.54. The third-order valence-corrected chi connectivity index (χ3v) is 2.89. The molecule has 0 saturated heterocycles. The van der Waals surface area contributed by atoms with E-state index in [0.29, 0.717) is 0 Å². The lowest BCUT2D eigenvalue weighted by Crippen LogP contribution is -2.37. The van der Waals surface area contributed by atoms with Crippen LogP contribution in [0.5, 0.6) is 0 Å². The zero-order chi connectivity index (χ0) is 11.2. The first-order valence-corrected chi connectivity index (χ1v) is 5.16. The van der Waals surface area contributed by atoms with Gasteiger partial charge < -0.3 is 4.52 Å². The minimum Gasteiger partial charge on any atom is -0.359 e. The first kappa shape index (κ1) is 10.5. The number of halogens is 1. The molecule has 0 bridgehead atoms. The fourth-order valence-corrected chi connectivity index (χ4v) is 2.02. The standard InChI is InChI=1S/C10H13ClN3O/c1-6-5-9(11)13(4)14(6)10-7(2)12-15-8(10)3/h9H,1-4H3. The zero-order valence-corrected chi connectivity index (χ0v) is 9.96. The number of rotatable bonds is 1. The van der Waals surface area contributed by atoms with Gasteiger partial charge >= 0.3 is 0 Å². The summed E-state index contributed by atoms with van der Waals surface area (Å²) in [5, 5.41) is 7.79. The highest BCUT2D eigenvalue weighted by atomic mass is 35.5. The first-order chi connectivity index (χ1) is 7.02. The van der Waals surface area contributed by atoms with Crippen molar-refractivity contribution in [2.45, 2.75) is 26.3 Å². The van der Waals surface area contributed by atoms with E-state index in [2.05, 4.69) is 11.2 Å². The van der Waals surface area contributed by atoms with E-state index >= 15 is 0 Å². The summed E-state index contributed by atoms with van der Waals surface area (Å²) in [6.07, 6.45) is 3.12. The van der Waals surface area contributed by atoms with Gasteiger partial charge in [-0.3, -0.25) is 5.01 Å². The number of nitrogens with zero attached hydrogens (tertiary/aromatic N) is 3. The van der Waals surface area contributed by atoms with Crippen molar-refractivity contribution in [1.29, 1.82) is 0 Å². The van der Waals surface area contributed by atoms with E-state index in [1.54, 1.807) is 0 Å². The maximum atomic E-state index is 6.08. The number of aryl methyl sites for hydroxylation is 2. The lowest BCUT2D eigenvalue weighted by Gasteiger charge is -2.29. The van der Waals surface area contributed by atoms with Gasteiger partial charge in [-0.25, -0.2) is 0 Å². The molecule has 4 nitrogen and oxygen atoms in total. The summed E-state index contributed by atoms with van der Waals surface area (Å²) in [6, 6.07) is 0. The van der Waals surface area contributed by atoms with Crippen LogP contribution in [0.2, 0.25) is 0 Å². The van der Waals surface area contributed by atoms with Crippen LogP contribution in [0.3, 0.4) is 0 Å². The number of hydrogen-bond acceptors (Lipinski definition) is 4. The van der Waals surface area contributed by atoms with Crippen LogP contribution < -0.4 is 5.01 Å². The summed E-state index contributed by atoms with van der Waals surface area (Å²) in [5.41, 5.74) is 2.53.